The lowest BCUT2D eigenvalue weighted by Gasteiger charge is -2.19. The van der Waals surface area contributed by atoms with Gasteiger partial charge in [-0.3, -0.25) is 0 Å². The lowest BCUT2D eigenvalue weighted by atomic mass is 9.89. The average Bonchev–Trinajstić information content (AvgIpc) is 2.52. The number of aromatic nitrogens is 2. The number of nitrogens with zero attached hydrogens (tertiary/aromatic N) is 2. The van der Waals surface area contributed by atoms with Crippen LogP contribution < -0.4 is 4.74 Å². The van der Waals surface area contributed by atoms with Crippen LogP contribution >= 0.6 is 0 Å². The minimum atomic E-state index is 0.0699. The summed E-state index contributed by atoms with van der Waals surface area (Å²) < 4.78 is 13.1. The van der Waals surface area contributed by atoms with Crippen LogP contribution in [0, 0.1) is 0 Å². The fourth-order valence-electron chi connectivity index (χ4n) is 1.91. The molecule has 0 amide bonds. The largest absolute Gasteiger partial charge is 0.475 e. The van der Waals surface area contributed by atoms with E-state index in [1.54, 1.807) is 7.11 Å². The van der Waals surface area contributed by atoms with Gasteiger partial charge in [0.2, 0.25) is 5.88 Å². The number of hydrogen-bond acceptors (Lipinski definition) is 3. The maximum atomic E-state index is 5.83. The molecule has 0 spiro atoms. The smallest absolute Gasteiger partial charge is 0.215 e. The van der Waals surface area contributed by atoms with Gasteiger partial charge in [-0.25, -0.2) is 4.68 Å². The Morgan fingerprint density at radius 2 is 2.25 bits per heavy atom. The Labute approximate surface area is 96.5 Å². The van der Waals surface area contributed by atoms with Gasteiger partial charge in [-0.1, -0.05) is 20.8 Å². The van der Waals surface area contributed by atoms with Crippen molar-refractivity contribution in [3.8, 4) is 5.88 Å². The fraction of sp³-hybridized carbons (Fsp3) is 0.750. The zero-order valence-electron chi connectivity index (χ0n) is 10.5. The van der Waals surface area contributed by atoms with Crippen molar-refractivity contribution in [1.29, 1.82) is 0 Å². The topological polar surface area (TPSA) is 36.3 Å². The van der Waals surface area contributed by atoms with Crippen molar-refractivity contribution in [3.63, 3.8) is 0 Å². The van der Waals surface area contributed by atoms with E-state index < -0.39 is 0 Å². The summed E-state index contributed by atoms with van der Waals surface area (Å²) in [7, 11) is 1.73. The van der Waals surface area contributed by atoms with Gasteiger partial charge in [-0.15, -0.1) is 0 Å². The zero-order chi connectivity index (χ0) is 11.8. The first-order valence-electron chi connectivity index (χ1n) is 5.74. The molecule has 0 aliphatic carbocycles. The second-order valence-electron chi connectivity index (χ2n) is 5.29. The minimum Gasteiger partial charge on any atom is -0.475 e. The molecule has 0 N–H and O–H groups in total. The second-order valence-corrected chi connectivity index (χ2v) is 5.29. The molecule has 1 atom stereocenters. The van der Waals surface area contributed by atoms with Crippen molar-refractivity contribution >= 4 is 0 Å². The normalized spacial score (nSPS) is 21.1. The van der Waals surface area contributed by atoms with Crippen LogP contribution in [0.25, 0.3) is 0 Å². The van der Waals surface area contributed by atoms with Crippen LogP contribution in [0.5, 0.6) is 5.88 Å². The summed E-state index contributed by atoms with van der Waals surface area (Å²) in [5.41, 5.74) is 1.24. The molecule has 0 fully saturated rings. The first kappa shape index (κ1) is 11.5. The number of methoxy groups -OCH3 is 1. The number of ether oxygens (including phenoxy) is 2. The molecule has 0 radical (unpaired) electrons. The highest BCUT2D eigenvalue weighted by molar-refractivity contribution is 5.31. The third-order valence-electron chi connectivity index (χ3n) is 3.00. The van der Waals surface area contributed by atoms with Crippen LogP contribution in [0.1, 0.15) is 32.8 Å². The molecule has 1 aromatic heterocycles. The molecule has 4 nitrogen and oxygen atoms in total. The summed E-state index contributed by atoms with van der Waals surface area (Å²) in [4.78, 5) is 0. The zero-order valence-corrected chi connectivity index (χ0v) is 10.5. The fourth-order valence-corrected chi connectivity index (χ4v) is 1.91. The van der Waals surface area contributed by atoms with E-state index in [1.807, 2.05) is 10.9 Å². The minimum absolute atomic E-state index is 0.0699. The van der Waals surface area contributed by atoms with E-state index in [-0.39, 0.29) is 11.5 Å². The lowest BCUT2D eigenvalue weighted by Crippen LogP contribution is -2.19. The monoisotopic (exact) mass is 224 g/mol. The highest BCUT2D eigenvalue weighted by atomic mass is 16.5. The van der Waals surface area contributed by atoms with Crippen molar-refractivity contribution < 1.29 is 9.47 Å². The Morgan fingerprint density at radius 3 is 2.88 bits per heavy atom. The molecule has 16 heavy (non-hydrogen) atoms. The number of hydrogen-bond donors (Lipinski definition) is 0. The molecule has 4 heteroatoms. The molecular weight excluding hydrogens is 204 g/mol. The molecule has 2 rings (SSSR count). The summed E-state index contributed by atoms with van der Waals surface area (Å²) >= 11 is 0. The van der Waals surface area contributed by atoms with Crippen LogP contribution in [0.3, 0.4) is 0 Å². The maximum absolute atomic E-state index is 5.83. The van der Waals surface area contributed by atoms with Gasteiger partial charge in [-0.05, 0) is 11.8 Å². The molecule has 1 aliphatic rings. The Balaban J connectivity index is 2.27. The highest BCUT2D eigenvalue weighted by Crippen LogP contribution is 2.32. The van der Waals surface area contributed by atoms with Gasteiger partial charge >= 0.3 is 0 Å². The van der Waals surface area contributed by atoms with Crippen molar-refractivity contribution in [2.75, 3.05) is 13.7 Å². The summed E-state index contributed by atoms with van der Waals surface area (Å²) in [5.74, 6) is 0.909. The number of rotatable bonds is 1. The Bertz CT molecular complexity index is 366. The Kier molecular flexibility index (Phi) is 2.93. The predicted octanol–water partition coefficient (Wildman–Crippen LogP) is 1.98. The molecule has 90 valence electrons. The molecule has 0 aromatic carbocycles. The van der Waals surface area contributed by atoms with E-state index in [0.717, 1.165) is 18.8 Å². The van der Waals surface area contributed by atoms with Crippen LogP contribution in [-0.2, 0) is 16.7 Å². The van der Waals surface area contributed by atoms with Crippen LogP contribution in [-0.4, -0.2) is 29.6 Å². The Hall–Kier alpha value is -1.03. The van der Waals surface area contributed by atoms with Crippen LogP contribution in [0.15, 0.2) is 6.20 Å². The van der Waals surface area contributed by atoms with E-state index in [1.165, 1.54) is 5.56 Å². The quantitative estimate of drug-likeness (QED) is 0.732. The van der Waals surface area contributed by atoms with Gasteiger partial charge < -0.3 is 9.47 Å². The van der Waals surface area contributed by atoms with Crippen molar-refractivity contribution in [2.24, 2.45) is 0 Å². The van der Waals surface area contributed by atoms with Crippen LogP contribution in [0.4, 0.5) is 0 Å². The molecule has 0 bridgehead atoms. The highest BCUT2D eigenvalue weighted by Gasteiger charge is 2.26. The summed E-state index contributed by atoms with van der Waals surface area (Å²) in [6.07, 6.45) is 3.05. The van der Waals surface area contributed by atoms with Gasteiger partial charge in [0.15, 0.2) is 0 Å². The lowest BCUT2D eigenvalue weighted by molar-refractivity contribution is 0.0571. The van der Waals surface area contributed by atoms with Gasteiger partial charge in [0.25, 0.3) is 0 Å². The first-order chi connectivity index (χ1) is 7.52. The summed E-state index contributed by atoms with van der Waals surface area (Å²) in [6.45, 7) is 8.00. The van der Waals surface area contributed by atoms with E-state index in [9.17, 15) is 0 Å². The molecule has 1 aromatic rings. The van der Waals surface area contributed by atoms with E-state index >= 15 is 0 Å². The van der Waals surface area contributed by atoms with E-state index in [4.69, 9.17) is 9.47 Å². The molecule has 0 saturated carbocycles. The molecule has 2 heterocycles. The third-order valence-corrected chi connectivity index (χ3v) is 3.00. The Morgan fingerprint density at radius 1 is 1.50 bits per heavy atom. The molecule has 1 aliphatic heterocycles. The average molecular weight is 224 g/mol. The standard InChI is InChI=1S/C12H20N2O2/c1-12(2,3)10-7-13-14-6-5-9(15-4)8-16-11(10)14/h7,9H,5-6,8H2,1-4H3/t9-/m1/s1. The first-order valence-corrected chi connectivity index (χ1v) is 5.74. The van der Waals surface area contributed by atoms with E-state index in [0.29, 0.717) is 6.61 Å². The molecule has 0 saturated heterocycles. The maximum Gasteiger partial charge on any atom is 0.215 e. The molecular formula is C12H20N2O2. The van der Waals surface area contributed by atoms with Gasteiger partial charge in [0.05, 0.1) is 12.3 Å². The predicted molar refractivity (Wildman–Crippen MR) is 61.8 cm³/mol. The number of fused-ring (bicyclic) bond motifs is 1. The number of aryl methyl sites for hydroxylation is 1. The molecule has 0 unspecified atom stereocenters. The summed E-state index contributed by atoms with van der Waals surface area (Å²) in [6, 6.07) is 0. The van der Waals surface area contributed by atoms with Gasteiger partial charge in [0, 0.05) is 19.2 Å². The van der Waals surface area contributed by atoms with Crippen molar-refractivity contribution in [2.45, 2.75) is 45.3 Å². The van der Waals surface area contributed by atoms with Crippen molar-refractivity contribution in [1.82, 2.24) is 9.78 Å². The SMILES string of the molecule is CO[C@@H]1CCn2ncc(C(C)(C)C)c2OC1. The van der Waals surface area contributed by atoms with E-state index in [2.05, 4.69) is 25.9 Å². The van der Waals surface area contributed by atoms with Crippen LogP contribution in [0.2, 0.25) is 0 Å². The van der Waals surface area contributed by atoms with Gasteiger partial charge in [0.1, 0.15) is 6.61 Å². The second kappa shape index (κ2) is 4.09. The third kappa shape index (κ3) is 2.07. The van der Waals surface area contributed by atoms with Crippen molar-refractivity contribution in [3.05, 3.63) is 11.8 Å². The van der Waals surface area contributed by atoms with Gasteiger partial charge in [-0.2, -0.15) is 5.10 Å². The summed E-state index contributed by atoms with van der Waals surface area (Å²) in [5, 5.41) is 4.39.